The number of halogens is 6. The van der Waals surface area contributed by atoms with Gasteiger partial charge in [-0.25, -0.2) is 0 Å². The number of carbonyl (C=O) groups excluding carboxylic acids is 2. The Bertz CT molecular complexity index is 606. The van der Waals surface area contributed by atoms with Gasteiger partial charge in [0.2, 0.25) is 5.91 Å². The van der Waals surface area contributed by atoms with Crippen LogP contribution >= 0.6 is 0 Å². The van der Waals surface area contributed by atoms with Crippen LogP contribution in [0.2, 0.25) is 0 Å². The molecule has 0 aliphatic carbocycles. The molecule has 0 aromatic heterocycles. The lowest BCUT2D eigenvalue weighted by Crippen LogP contribution is -2.50. The molecule has 0 atom stereocenters. The van der Waals surface area contributed by atoms with Crippen molar-refractivity contribution >= 4 is 11.8 Å². The molecule has 1 fully saturated rings. The lowest BCUT2D eigenvalue weighted by Gasteiger charge is -2.27. The van der Waals surface area contributed by atoms with Gasteiger partial charge in [-0.05, 0) is 18.2 Å². The minimum Gasteiger partial charge on any atom is -0.353 e. The van der Waals surface area contributed by atoms with E-state index in [1.54, 1.807) is 0 Å². The van der Waals surface area contributed by atoms with Crippen LogP contribution in [0.15, 0.2) is 18.2 Å². The predicted octanol–water partition coefficient (Wildman–Crippen LogP) is 2.30. The highest BCUT2D eigenvalue weighted by molar-refractivity contribution is 5.97. The highest BCUT2D eigenvalue weighted by Gasteiger charge is 2.38. The van der Waals surface area contributed by atoms with E-state index in [0.717, 1.165) is 4.90 Å². The fourth-order valence-electron chi connectivity index (χ4n) is 2.07. The molecule has 2 rings (SSSR count). The van der Waals surface area contributed by atoms with Crippen LogP contribution in [-0.4, -0.2) is 36.3 Å². The summed E-state index contributed by atoms with van der Waals surface area (Å²) in [5, 5.41) is 2.40. The summed E-state index contributed by atoms with van der Waals surface area (Å²) in [4.78, 5) is 24.2. The Morgan fingerprint density at radius 1 is 1.00 bits per heavy atom. The summed E-state index contributed by atoms with van der Waals surface area (Å²) in [6, 6.07) is 0.647. The second kappa shape index (κ2) is 5.74. The van der Waals surface area contributed by atoms with Gasteiger partial charge in [-0.2, -0.15) is 26.3 Å². The van der Waals surface area contributed by atoms with E-state index >= 15 is 0 Å². The van der Waals surface area contributed by atoms with Crippen molar-refractivity contribution in [1.29, 1.82) is 0 Å². The van der Waals surface area contributed by atoms with Crippen molar-refractivity contribution < 1.29 is 35.9 Å². The number of amides is 2. The Labute approximate surface area is 126 Å². The van der Waals surface area contributed by atoms with Gasteiger partial charge in [0, 0.05) is 18.7 Å². The molecular formula is C13H10F6N2O2. The number of hydrogen-bond acceptors (Lipinski definition) is 2. The minimum absolute atomic E-state index is 0.00215. The quantitative estimate of drug-likeness (QED) is 0.798. The predicted molar refractivity (Wildman–Crippen MR) is 65.4 cm³/mol. The molecule has 1 heterocycles. The Morgan fingerprint density at radius 2 is 1.52 bits per heavy atom. The van der Waals surface area contributed by atoms with Gasteiger partial charge >= 0.3 is 12.4 Å². The number of nitrogens with zero attached hydrogens (tertiary/aromatic N) is 1. The lowest BCUT2D eigenvalue weighted by molar-refractivity contribution is -0.143. The Morgan fingerprint density at radius 3 is 1.96 bits per heavy atom. The van der Waals surface area contributed by atoms with Crippen LogP contribution < -0.4 is 5.32 Å². The van der Waals surface area contributed by atoms with Gasteiger partial charge in [0.1, 0.15) is 0 Å². The van der Waals surface area contributed by atoms with Gasteiger partial charge in [-0.3, -0.25) is 9.59 Å². The first kappa shape index (κ1) is 17.1. The molecule has 0 radical (unpaired) electrons. The first-order chi connectivity index (χ1) is 10.5. The molecule has 1 aliphatic rings. The van der Waals surface area contributed by atoms with E-state index in [1.807, 2.05) is 0 Å². The van der Waals surface area contributed by atoms with Crippen LogP contribution in [0.5, 0.6) is 0 Å². The second-order valence-corrected chi connectivity index (χ2v) is 4.87. The number of piperazine rings is 1. The molecule has 1 aliphatic heterocycles. The highest BCUT2D eigenvalue weighted by atomic mass is 19.4. The van der Waals surface area contributed by atoms with Crippen molar-refractivity contribution in [2.24, 2.45) is 0 Å². The van der Waals surface area contributed by atoms with Crippen molar-refractivity contribution in [3.05, 3.63) is 34.9 Å². The average molecular weight is 340 g/mol. The number of hydrogen-bond donors (Lipinski definition) is 1. The Kier molecular flexibility index (Phi) is 4.27. The normalized spacial score (nSPS) is 16.3. The number of alkyl halides is 6. The molecule has 1 saturated heterocycles. The van der Waals surface area contributed by atoms with Gasteiger partial charge in [0.15, 0.2) is 0 Å². The van der Waals surface area contributed by atoms with Crippen LogP contribution in [-0.2, 0) is 17.1 Å². The molecule has 1 aromatic rings. The molecule has 126 valence electrons. The van der Waals surface area contributed by atoms with Crippen molar-refractivity contribution in [1.82, 2.24) is 10.2 Å². The topological polar surface area (TPSA) is 49.4 Å². The number of rotatable bonds is 1. The molecule has 10 heteroatoms. The molecule has 0 unspecified atom stereocenters. The molecular weight excluding hydrogens is 330 g/mol. The molecule has 23 heavy (non-hydrogen) atoms. The summed E-state index contributed by atoms with van der Waals surface area (Å²) in [6.45, 7) is -0.339. The highest BCUT2D eigenvalue weighted by Crippen LogP contribution is 2.36. The standard InChI is InChI=1S/C13H10F6N2O2/c14-12(15,16)8-3-7(4-9(5-8)13(17,18)19)11(23)21-2-1-20-10(22)6-21/h3-5H,1-2,6H2,(H,20,22). The number of benzene rings is 1. The summed E-state index contributed by atoms with van der Waals surface area (Å²) in [7, 11) is 0. The van der Waals surface area contributed by atoms with Gasteiger partial charge in [-0.1, -0.05) is 0 Å². The zero-order valence-corrected chi connectivity index (χ0v) is 11.4. The van der Waals surface area contributed by atoms with Crippen molar-refractivity contribution in [2.45, 2.75) is 12.4 Å². The first-order valence-electron chi connectivity index (χ1n) is 6.34. The van der Waals surface area contributed by atoms with E-state index in [4.69, 9.17) is 0 Å². The van der Waals surface area contributed by atoms with Gasteiger partial charge < -0.3 is 10.2 Å². The van der Waals surface area contributed by atoms with Gasteiger partial charge in [0.25, 0.3) is 5.91 Å². The smallest absolute Gasteiger partial charge is 0.353 e. The maximum atomic E-state index is 12.7. The van der Waals surface area contributed by atoms with Gasteiger partial charge in [-0.15, -0.1) is 0 Å². The molecule has 0 saturated carbocycles. The van der Waals surface area contributed by atoms with Crippen LogP contribution in [0.25, 0.3) is 0 Å². The van der Waals surface area contributed by atoms with E-state index in [2.05, 4.69) is 5.32 Å². The largest absolute Gasteiger partial charge is 0.416 e. The fraction of sp³-hybridized carbons (Fsp3) is 0.385. The molecule has 0 spiro atoms. The average Bonchev–Trinajstić information content (AvgIpc) is 2.44. The van der Waals surface area contributed by atoms with Crippen LogP contribution in [0.3, 0.4) is 0 Å². The molecule has 1 aromatic carbocycles. The summed E-state index contributed by atoms with van der Waals surface area (Å²) in [6.07, 6.45) is -10.1. The van der Waals surface area contributed by atoms with E-state index in [-0.39, 0.29) is 19.2 Å². The van der Waals surface area contributed by atoms with E-state index in [0.29, 0.717) is 12.1 Å². The minimum atomic E-state index is -5.03. The van der Waals surface area contributed by atoms with Crippen molar-refractivity contribution in [3.63, 3.8) is 0 Å². The number of nitrogens with one attached hydrogen (secondary N) is 1. The third-order valence-corrected chi connectivity index (χ3v) is 3.16. The summed E-state index contributed by atoms with van der Waals surface area (Å²) in [5.41, 5.74) is -3.91. The summed E-state index contributed by atoms with van der Waals surface area (Å²) in [5.74, 6) is -1.59. The lowest BCUT2D eigenvalue weighted by atomic mass is 10.0. The molecule has 4 nitrogen and oxygen atoms in total. The monoisotopic (exact) mass is 340 g/mol. The van der Waals surface area contributed by atoms with E-state index in [9.17, 15) is 35.9 Å². The number of carbonyl (C=O) groups is 2. The zero-order chi connectivity index (χ0) is 17.4. The molecule has 2 amide bonds. The Hall–Kier alpha value is -2.26. The van der Waals surface area contributed by atoms with Crippen LogP contribution in [0.4, 0.5) is 26.3 Å². The van der Waals surface area contributed by atoms with Crippen LogP contribution in [0, 0.1) is 0 Å². The summed E-state index contributed by atoms with van der Waals surface area (Å²) < 4.78 is 76.5. The van der Waals surface area contributed by atoms with Gasteiger partial charge in [0.05, 0.1) is 17.7 Å². The molecule has 1 N–H and O–H groups in total. The van der Waals surface area contributed by atoms with Crippen LogP contribution in [0.1, 0.15) is 21.5 Å². The third-order valence-electron chi connectivity index (χ3n) is 3.16. The SMILES string of the molecule is O=C1CN(C(=O)c2cc(C(F)(F)F)cc(C(F)(F)F)c2)CCN1. The summed E-state index contributed by atoms with van der Waals surface area (Å²) >= 11 is 0. The fourth-order valence-corrected chi connectivity index (χ4v) is 2.07. The zero-order valence-electron chi connectivity index (χ0n) is 11.4. The first-order valence-corrected chi connectivity index (χ1v) is 6.34. The van der Waals surface area contributed by atoms with Crippen molar-refractivity contribution in [3.8, 4) is 0 Å². The maximum absolute atomic E-state index is 12.7. The third kappa shape index (κ3) is 3.93. The maximum Gasteiger partial charge on any atom is 0.416 e. The second-order valence-electron chi connectivity index (χ2n) is 4.87. The Balaban J connectivity index is 2.44. The molecule has 0 bridgehead atoms. The van der Waals surface area contributed by atoms with E-state index in [1.165, 1.54) is 0 Å². The van der Waals surface area contributed by atoms with Crippen molar-refractivity contribution in [2.75, 3.05) is 19.6 Å². The van der Waals surface area contributed by atoms with E-state index < -0.39 is 47.4 Å².